The molecule has 0 N–H and O–H groups in total. The summed E-state index contributed by atoms with van der Waals surface area (Å²) in [7, 11) is -10.8. The first kappa shape index (κ1) is 17.5. The van der Waals surface area contributed by atoms with E-state index in [0.717, 1.165) is 0 Å². The Morgan fingerprint density at radius 3 is 0.818 bits per heavy atom. The van der Waals surface area contributed by atoms with Crippen molar-refractivity contribution in [1.82, 2.24) is 0 Å². The predicted octanol–water partition coefficient (Wildman–Crippen LogP) is -1.55. The van der Waals surface area contributed by atoms with E-state index in [2.05, 4.69) is 0 Å². The molecule has 0 bridgehead atoms. The first-order chi connectivity index (χ1) is 4.00. The number of hydrogen-bond donors (Lipinski definition) is 0. The van der Waals surface area contributed by atoms with Crippen LogP contribution in [0.2, 0.25) is 0 Å². The Hall–Kier alpha value is 0.446. The van der Waals surface area contributed by atoms with Crippen LogP contribution in [0.3, 0.4) is 0 Å². The average molecular weight is 222 g/mol. The Balaban J connectivity index is -0.000000107. The third kappa shape index (κ3) is 3740. The van der Waals surface area contributed by atoms with Gasteiger partial charge in [-0.3, -0.25) is 0 Å². The fourth-order valence-electron chi connectivity index (χ4n) is 0. The molecule has 0 unspecified atom stereocenters. The Kier molecular flexibility index (Phi) is 9.58. The van der Waals surface area contributed by atoms with Gasteiger partial charge in [-0.1, -0.05) is 0 Å². The van der Waals surface area contributed by atoms with E-state index in [1.165, 1.54) is 0 Å². The van der Waals surface area contributed by atoms with Crippen LogP contribution >= 0.6 is 0 Å². The summed E-state index contributed by atoms with van der Waals surface area (Å²) < 4.78 is 70.7. The second-order valence-electron chi connectivity index (χ2n) is 0.786. The smallest absolute Gasteiger partial charge is 0.722 e. The molecule has 0 heterocycles. The number of halogens is 2. The predicted molar refractivity (Wildman–Crippen MR) is 27.4 cm³/mol. The molecule has 0 aliphatic heterocycles. The summed E-state index contributed by atoms with van der Waals surface area (Å²) in [5, 5.41) is 0. The SMILES string of the molecule is O=S(=O)([O-])F.O=S(=O)([O-])F.[Mg+2]. The molecule has 11 heavy (non-hydrogen) atoms. The summed E-state index contributed by atoms with van der Waals surface area (Å²) in [4.78, 5) is 0. The van der Waals surface area contributed by atoms with E-state index in [4.69, 9.17) is 25.9 Å². The third-order valence-electron chi connectivity index (χ3n) is 0. The maximum atomic E-state index is 10.1. The first-order valence-corrected chi connectivity index (χ1v) is 3.93. The Morgan fingerprint density at radius 1 is 0.818 bits per heavy atom. The van der Waals surface area contributed by atoms with Crippen LogP contribution in [0.5, 0.6) is 0 Å². The molecule has 11 heteroatoms. The quantitative estimate of drug-likeness (QED) is 0.278. The van der Waals surface area contributed by atoms with Gasteiger partial charge >= 0.3 is 23.1 Å². The summed E-state index contributed by atoms with van der Waals surface area (Å²) >= 11 is 0. The van der Waals surface area contributed by atoms with Crippen molar-refractivity contribution in [3.8, 4) is 0 Å². The molecule has 0 aromatic rings. The van der Waals surface area contributed by atoms with Crippen LogP contribution in [0.1, 0.15) is 0 Å². The molecule has 0 aliphatic carbocycles. The summed E-state index contributed by atoms with van der Waals surface area (Å²) in [5.41, 5.74) is 0. The van der Waals surface area contributed by atoms with E-state index < -0.39 is 21.0 Å². The molecular formula is F2MgO6S2. The maximum absolute atomic E-state index is 10.1. The third-order valence-corrected chi connectivity index (χ3v) is 0. The van der Waals surface area contributed by atoms with Crippen molar-refractivity contribution in [3.05, 3.63) is 0 Å². The molecule has 64 valence electrons. The normalized spacial score (nSPS) is 10.5. The molecule has 0 aromatic carbocycles. The van der Waals surface area contributed by atoms with Crippen LogP contribution in [-0.2, 0) is 21.0 Å². The van der Waals surface area contributed by atoms with Crippen molar-refractivity contribution in [3.63, 3.8) is 0 Å². The van der Waals surface area contributed by atoms with E-state index in [9.17, 15) is 7.77 Å². The van der Waals surface area contributed by atoms with Gasteiger partial charge in [0.2, 0.25) is 0 Å². The molecule has 0 rings (SSSR count). The van der Waals surface area contributed by atoms with Gasteiger partial charge in [-0.2, -0.15) is 0 Å². The molecule has 0 spiro atoms. The van der Waals surface area contributed by atoms with Crippen molar-refractivity contribution in [1.29, 1.82) is 0 Å². The van der Waals surface area contributed by atoms with Crippen LogP contribution in [-0.4, -0.2) is 49.0 Å². The molecule has 0 fully saturated rings. The fourth-order valence-corrected chi connectivity index (χ4v) is 0. The van der Waals surface area contributed by atoms with Gasteiger partial charge in [-0.05, 0) is 0 Å². The van der Waals surface area contributed by atoms with Gasteiger partial charge < -0.3 is 9.11 Å². The minimum absolute atomic E-state index is 0. The fraction of sp³-hybridized carbons (Fsp3) is 0. The number of rotatable bonds is 0. The molecule has 0 aromatic heterocycles. The van der Waals surface area contributed by atoms with Crippen molar-refractivity contribution >= 4 is 44.1 Å². The molecule has 0 radical (unpaired) electrons. The molecule has 0 atom stereocenters. The van der Waals surface area contributed by atoms with Gasteiger partial charge in [-0.25, -0.2) is 16.8 Å². The Morgan fingerprint density at radius 2 is 0.818 bits per heavy atom. The van der Waals surface area contributed by atoms with Crippen LogP contribution in [0.15, 0.2) is 0 Å². The van der Waals surface area contributed by atoms with Crippen molar-refractivity contribution in [2.24, 2.45) is 0 Å². The van der Waals surface area contributed by atoms with Crippen molar-refractivity contribution < 1.29 is 33.7 Å². The van der Waals surface area contributed by atoms with E-state index in [1.807, 2.05) is 0 Å². The Bertz CT molecular complexity index is 215. The molecule has 0 amide bonds. The van der Waals surface area contributed by atoms with Gasteiger partial charge in [0.1, 0.15) is 0 Å². The van der Waals surface area contributed by atoms with Crippen molar-refractivity contribution in [2.75, 3.05) is 0 Å². The van der Waals surface area contributed by atoms with Gasteiger partial charge in [0.05, 0.1) is 0 Å². The monoisotopic (exact) mass is 222 g/mol. The topological polar surface area (TPSA) is 114 Å². The van der Waals surface area contributed by atoms with E-state index in [0.29, 0.717) is 0 Å². The molecule has 0 saturated carbocycles. The second kappa shape index (κ2) is 6.02. The van der Waals surface area contributed by atoms with E-state index in [-0.39, 0.29) is 23.1 Å². The van der Waals surface area contributed by atoms with Gasteiger partial charge in [0.15, 0.2) is 0 Å². The zero-order valence-electron chi connectivity index (χ0n) is 4.73. The molecule has 0 saturated heterocycles. The van der Waals surface area contributed by atoms with Crippen LogP contribution < -0.4 is 0 Å². The second-order valence-corrected chi connectivity index (χ2v) is 2.36. The van der Waals surface area contributed by atoms with Crippen LogP contribution in [0.25, 0.3) is 0 Å². The van der Waals surface area contributed by atoms with Crippen LogP contribution in [0.4, 0.5) is 7.77 Å². The summed E-state index contributed by atoms with van der Waals surface area (Å²) in [5.74, 6) is 0. The first-order valence-electron chi connectivity index (χ1n) is 1.31. The molecular weight excluding hydrogens is 222 g/mol. The van der Waals surface area contributed by atoms with Gasteiger partial charge in [0.25, 0.3) is 21.0 Å². The molecule has 6 nitrogen and oxygen atoms in total. The molecule has 0 aliphatic rings. The van der Waals surface area contributed by atoms with E-state index >= 15 is 0 Å². The maximum Gasteiger partial charge on any atom is 2.00 e. The minimum Gasteiger partial charge on any atom is -0.722 e. The van der Waals surface area contributed by atoms with Gasteiger partial charge in [0, 0.05) is 0 Å². The summed E-state index contributed by atoms with van der Waals surface area (Å²) in [6.07, 6.45) is 0. The van der Waals surface area contributed by atoms with E-state index in [1.54, 1.807) is 0 Å². The van der Waals surface area contributed by atoms with Gasteiger partial charge in [-0.15, -0.1) is 7.77 Å². The zero-order valence-corrected chi connectivity index (χ0v) is 7.78. The van der Waals surface area contributed by atoms with Crippen molar-refractivity contribution in [2.45, 2.75) is 0 Å². The summed E-state index contributed by atoms with van der Waals surface area (Å²) in [6, 6.07) is 0. The summed E-state index contributed by atoms with van der Waals surface area (Å²) in [6.45, 7) is 0. The Labute approximate surface area is 77.8 Å². The zero-order chi connectivity index (χ0) is 9.00. The average Bonchev–Trinajstić information content (AvgIpc) is 1.12. The minimum atomic E-state index is -5.42. The standard InChI is InChI=1S/2FHO3S.Mg/c2*1-5(2,3)4;/h2*(H,2,3,4);/q;;+2/p-2. The number of hydrogen-bond acceptors (Lipinski definition) is 6. The largest absolute Gasteiger partial charge is 2.00 e. The van der Waals surface area contributed by atoms with Crippen LogP contribution in [0, 0.1) is 0 Å².